The van der Waals surface area contributed by atoms with Crippen molar-refractivity contribution < 1.29 is 4.79 Å². The summed E-state index contributed by atoms with van der Waals surface area (Å²) in [7, 11) is 0. The summed E-state index contributed by atoms with van der Waals surface area (Å²) in [6, 6.07) is 11.8. The molecule has 1 aliphatic rings. The maximum Gasteiger partial charge on any atom is 0.231 e. The normalized spacial score (nSPS) is 13.8. The first-order valence-electron chi connectivity index (χ1n) is 6.07. The van der Waals surface area contributed by atoms with E-state index in [1.807, 2.05) is 30.3 Å². The third-order valence-corrected chi connectivity index (χ3v) is 4.83. The molecule has 1 amide bonds. The van der Waals surface area contributed by atoms with Gasteiger partial charge in [-0.15, -0.1) is 0 Å². The minimum absolute atomic E-state index is 0.126. The zero-order chi connectivity index (χ0) is 14.3. The summed E-state index contributed by atoms with van der Waals surface area (Å²) in [6.45, 7) is 0.512. The molecule has 1 aliphatic heterocycles. The monoisotopic (exact) mass is 461 g/mol. The molecule has 2 aromatic rings. The lowest BCUT2D eigenvalue weighted by Crippen LogP contribution is -2.26. The average molecular weight is 463 g/mol. The first-order valence-corrected chi connectivity index (χ1v) is 8.32. The minimum Gasteiger partial charge on any atom is -0.307 e. The van der Waals surface area contributed by atoms with Crippen LogP contribution in [0.5, 0.6) is 0 Å². The Bertz CT molecular complexity index is 704. The van der Waals surface area contributed by atoms with Crippen molar-refractivity contribution in [2.75, 3.05) is 4.90 Å². The Morgan fingerprint density at radius 1 is 1.25 bits per heavy atom. The molecule has 0 fully saturated rings. The third kappa shape index (κ3) is 2.73. The van der Waals surface area contributed by atoms with E-state index in [2.05, 4.69) is 44.6 Å². The molecular formula is C15H10BrClINO. The van der Waals surface area contributed by atoms with Crippen molar-refractivity contribution in [3.05, 3.63) is 60.6 Å². The Hall–Kier alpha value is -0.590. The summed E-state index contributed by atoms with van der Waals surface area (Å²) in [5, 5.41) is 0.672. The maximum absolute atomic E-state index is 12.2. The molecule has 0 radical (unpaired) electrons. The van der Waals surface area contributed by atoms with Gasteiger partial charge in [0.15, 0.2) is 0 Å². The number of carbonyl (C=O) groups excluding carboxylic acids is 1. The largest absolute Gasteiger partial charge is 0.307 e. The van der Waals surface area contributed by atoms with Crippen LogP contribution in [0.2, 0.25) is 5.02 Å². The van der Waals surface area contributed by atoms with E-state index in [0.717, 1.165) is 24.9 Å². The van der Waals surface area contributed by atoms with Crippen LogP contribution in [0.4, 0.5) is 5.69 Å². The lowest BCUT2D eigenvalue weighted by atomic mass is 10.1. The number of anilines is 1. The number of hydrogen-bond donors (Lipinski definition) is 0. The fourth-order valence-corrected chi connectivity index (χ4v) is 3.63. The second-order valence-electron chi connectivity index (χ2n) is 4.67. The van der Waals surface area contributed by atoms with Gasteiger partial charge in [0.25, 0.3) is 0 Å². The number of amides is 1. The van der Waals surface area contributed by atoms with Crippen LogP contribution in [0.1, 0.15) is 11.1 Å². The SMILES string of the molecule is O=C1Cc2cc(I)ccc2N1Cc1ccc(Br)cc1Cl. The summed E-state index contributed by atoms with van der Waals surface area (Å²) in [5.41, 5.74) is 3.04. The van der Waals surface area contributed by atoms with Gasteiger partial charge in [-0.3, -0.25) is 4.79 Å². The van der Waals surface area contributed by atoms with Crippen molar-refractivity contribution in [3.8, 4) is 0 Å². The fraction of sp³-hybridized carbons (Fsp3) is 0.133. The van der Waals surface area contributed by atoms with Gasteiger partial charge in [-0.2, -0.15) is 0 Å². The highest BCUT2D eigenvalue weighted by molar-refractivity contribution is 14.1. The second-order valence-corrected chi connectivity index (χ2v) is 7.23. The summed E-state index contributed by atoms with van der Waals surface area (Å²) in [6.07, 6.45) is 0.473. The van der Waals surface area contributed by atoms with Crippen molar-refractivity contribution in [3.63, 3.8) is 0 Å². The Morgan fingerprint density at radius 3 is 2.80 bits per heavy atom. The molecule has 0 saturated heterocycles. The number of carbonyl (C=O) groups is 1. The first kappa shape index (κ1) is 14.4. The average Bonchev–Trinajstić information content (AvgIpc) is 2.68. The summed E-state index contributed by atoms with van der Waals surface area (Å²) in [4.78, 5) is 14.0. The molecule has 0 unspecified atom stereocenters. The Kier molecular flexibility index (Phi) is 4.06. The molecule has 0 aliphatic carbocycles. The quantitative estimate of drug-likeness (QED) is 0.588. The predicted molar refractivity (Wildman–Crippen MR) is 93.2 cm³/mol. The molecule has 1 heterocycles. The van der Waals surface area contributed by atoms with Crippen LogP contribution in [-0.4, -0.2) is 5.91 Å². The van der Waals surface area contributed by atoms with Crippen LogP contribution < -0.4 is 4.90 Å². The summed E-state index contributed by atoms with van der Waals surface area (Å²) in [5.74, 6) is 0.126. The Balaban J connectivity index is 1.94. The smallest absolute Gasteiger partial charge is 0.231 e. The zero-order valence-electron chi connectivity index (χ0n) is 10.4. The van der Waals surface area contributed by atoms with Gasteiger partial charge in [-0.05, 0) is 64.0 Å². The van der Waals surface area contributed by atoms with E-state index in [9.17, 15) is 4.79 Å². The molecule has 5 heteroatoms. The topological polar surface area (TPSA) is 20.3 Å². The number of hydrogen-bond acceptors (Lipinski definition) is 1. The van der Waals surface area contributed by atoms with E-state index >= 15 is 0 Å². The number of nitrogens with zero attached hydrogens (tertiary/aromatic N) is 1. The standard InChI is InChI=1S/C15H10BrClINO/c16-11-2-1-9(13(17)7-11)8-19-14-4-3-12(18)5-10(14)6-15(19)20/h1-5,7H,6,8H2. The molecule has 3 rings (SSSR count). The molecule has 2 aromatic carbocycles. The number of halogens is 3. The van der Waals surface area contributed by atoms with Crippen LogP contribution >= 0.6 is 50.1 Å². The van der Waals surface area contributed by atoms with Gasteiger partial charge in [-0.25, -0.2) is 0 Å². The molecule has 0 atom stereocenters. The molecular weight excluding hydrogens is 452 g/mol. The van der Waals surface area contributed by atoms with Crippen LogP contribution in [0, 0.1) is 3.57 Å². The Labute approximate surface area is 144 Å². The summed E-state index contributed by atoms with van der Waals surface area (Å²) >= 11 is 11.9. The molecule has 0 N–H and O–H groups in total. The molecule has 0 bridgehead atoms. The van der Waals surface area contributed by atoms with Gasteiger partial charge in [-0.1, -0.05) is 33.6 Å². The number of benzene rings is 2. The van der Waals surface area contributed by atoms with Crippen LogP contribution in [0.3, 0.4) is 0 Å². The van der Waals surface area contributed by atoms with E-state index in [0.29, 0.717) is 18.0 Å². The number of fused-ring (bicyclic) bond motifs is 1. The van der Waals surface area contributed by atoms with Crippen molar-refractivity contribution in [1.82, 2.24) is 0 Å². The molecule has 0 saturated carbocycles. The highest BCUT2D eigenvalue weighted by Gasteiger charge is 2.27. The minimum atomic E-state index is 0.126. The van der Waals surface area contributed by atoms with Gasteiger partial charge in [0.05, 0.1) is 13.0 Å². The number of rotatable bonds is 2. The van der Waals surface area contributed by atoms with Crippen molar-refractivity contribution in [1.29, 1.82) is 0 Å². The summed E-state index contributed by atoms with van der Waals surface area (Å²) < 4.78 is 2.09. The van der Waals surface area contributed by atoms with Gasteiger partial charge in [0.1, 0.15) is 0 Å². The fourth-order valence-electron chi connectivity index (χ4n) is 2.35. The van der Waals surface area contributed by atoms with E-state index in [1.54, 1.807) is 4.90 Å². The lowest BCUT2D eigenvalue weighted by molar-refractivity contribution is -0.117. The van der Waals surface area contributed by atoms with Crippen molar-refractivity contribution >= 4 is 61.7 Å². The van der Waals surface area contributed by atoms with Gasteiger partial charge in [0, 0.05) is 18.8 Å². The Morgan fingerprint density at radius 2 is 2.05 bits per heavy atom. The zero-order valence-corrected chi connectivity index (χ0v) is 14.9. The van der Waals surface area contributed by atoms with Gasteiger partial charge >= 0.3 is 0 Å². The van der Waals surface area contributed by atoms with Gasteiger partial charge in [0.2, 0.25) is 5.91 Å². The maximum atomic E-state index is 12.2. The van der Waals surface area contributed by atoms with Crippen LogP contribution in [0.15, 0.2) is 40.9 Å². The van der Waals surface area contributed by atoms with Crippen LogP contribution in [0.25, 0.3) is 0 Å². The highest BCUT2D eigenvalue weighted by Crippen LogP contribution is 2.33. The highest BCUT2D eigenvalue weighted by atomic mass is 127. The molecule has 2 nitrogen and oxygen atoms in total. The van der Waals surface area contributed by atoms with E-state index in [-0.39, 0.29) is 5.91 Å². The van der Waals surface area contributed by atoms with Gasteiger partial charge < -0.3 is 4.90 Å². The molecule has 0 spiro atoms. The van der Waals surface area contributed by atoms with Crippen molar-refractivity contribution in [2.45, 2.75) is 13.0 Å². The van der Waals surface area contributed by atoms with E-state index in [4.69, 9.17) is 11.6 Å². The molecule has 102 valence electrons. The second kappa shape index (κ2) is 5.66. The van der Waals surface area contributed by atoms with E-state index < -0.39 is 0 Å². The predicted octanol–water partition coefficient (Wildman–Crippen LogP) is 4.80. The van der Waals surface area contributed by atoms with Crippen LogP contribution in [-0.2, 0) is 17.8 Å². The lowest BCUT2D eigenvalue weighted by Gasteiger charge is -2.18. The van der Waals surface area contributed by atoms with Crippen molar-refractivity contribution in [2.24, 2.45) is 0 Å². The molecule has 0 aromatic heterocycles. The third-order valence-electron chi connectivity index (χ3n) is 3.32. The molecule has 20 heavy (non-hydrogen) atoms. The van der Waals surface area contributed by atoms with E-state index in [1.165, 1.54) is 0 Å². The first-order chi connectivity index (χ1) is 9.54.